The Kier molecular flexibility index (Phi) is 8.58. The maximum Gasteiger partial charge on any atom is 0.308 e. The number of rotatable bonds is 8. The second-order valence-electron chi connectivity index (χ2n) is 7.56. The number of carbonyl (C=O) groups excluding carboxylic acids is 4. The van der Waals surface area contributed by atoms with Crippen molar-refractivity contribution in [2.24, 2.45) is 5.92 Å². The Hall–Kier alpha value is -3.16. The topological polar surface area (TPSA) is 105 Å². The second-order valence-corrected chi connectivity index (χ2v) is 7.56. The molecule has 1 aromatic rings. The molecule has 2 N–H and O–H groups in total. The average molecular weight is 415 g/mol. The van der Waals surface area contributed by atoms with E-state index in [0.29, 0.717) is 5.92 Å². The van der Waals surface area contributed by atoms with E-state index in [0.717, 1.165) is 12.0 Å². The number of benzene rings is 1. The molecule has 0 bridgehead atoms. The molecule has 8 heteroatoms. The van der Waals surface area contributed by atoms with Crippen molar-refractivity contribution in [2.45, 2.75) is 39.7 Å². The van der Waals surface area contributed by atoms with Gasteiger partial charge in [0, 0.05) is 20.0 Å². The van der Waals surface area contributed by atoms with Gasteiger partial charge in [0.15, 0.2) is 0 Å². The lowest BCUT2D eigenvalue weighted by Gasteiger charge is -2.35. The zero-order chi connectivity index (χ0) is 22.1. The lowest BCUT2D eigenvalue weighted by Crippen LogP contribution is -2.58. The minimum absolute atomic E-state index is 0.0431. The van der Waals surface area contributed by atoms with Crippen molar-refractivity contribution in [3.05, 3.63) is 41.6 Å². The maximum absolute atomic E-state index is 13.2. The predicted octanol–water partition coefficient (Wildman–Crippen LogP) is 1.47. The van der Waals surface area contributed by atoms with Gasteiger partial charge in [-0.3, -0.25) is 19.2 Å². The number of ether oxygens (including phenoxy) is 1. The minimum atomic E-state index is -0.995. The molecule has 0 radical (unpaired) electrons. The van der Waals surface area contributed by atoms with Crippen molar-refractivity contribution in [3.63, 3.8) is 0 Å². The van der Waals surface area contributed by atoms with Crippen LogP contribution in [0.15, 0.2) is 36.0 Å². The van der Waals surface area contributed by atoms with E-state index in [9.17, 15) is 19.2 Å². The molecule has 162 valence electrons. The van der Waals surface area contributed by atoms with Crippen LogP contribution in [0.1, 0.15) is 39.2 Å². The van der Waals surface area contributed by atoms with Gasteiger partial charge in [-0.15, -0.1) is 0 Å². The quantitative estimate of drug-likeness (QED) is 0.494. The van der Waals surface area contributed by atoms with Crippen LogP contribution in [0.25, 0.3) is 6.08 Å². The summed E-state index contributed by atoms with van der Waals surface area (Å²) in [7, 11) is 0. The van der Waals surface area contributed by atoms with Gasteiger partial charge >= 0.3 is 5.97 Å². The summed E-state index contributed by atoms with van der Waals surface area (Å²) in [5, 5.41) is 5.22. The number of hydrogen-bond acceptors (Lipinski definition) is 5. The zero-order valence-electron chi connectivity index (χ0n) is 17.6. The standard InChI is InChI=1S/C22H29N3O5/c1-15(2)9-12-30-20(27)14-19-21(28)23-10-11-25(19)22(29)18(24-16(3)26)13-17-7-5-4-6-8-17/h4-8,13,15,19H,9-12,14H2,1-3H3,(H,23,28)(H,24,26)/b18-13-. The van der Waals surface area contributed by atoms with Crippen LogP contribution in [0.3, 0.4) is 0 Å². The van der Waals surface area contributed by atoms with E-state index in [2.05, 4.69) is 10.6 Å². The molecule has 1 aliphatic heterocycles. The predicted molar refractivity (Wildman–Crippen MR) is 112 cm³/mol. The summed E-state index contributed by atoms with van der Waals surface area (Å²) < 4.78 is 5.21. The second kappa shape index (κ2) is 11.1. The van der Waals surface area contributed by atoms with Crippen LogP contribution in [0.5, 0.6) is 0 Å². The molecular formula is C22H29N3O5. The van der Waals surface area contributed by atoms with Gasteiger partial charge in [-0.25, -0.2) is 0 Å². The van der Waals surface area contributed by atoms with E-state index in [1.165, 1.54) is 11.8 Å². The Morgan fingerprint density at radius 3 is 2.60 bits per heavy atom. The summed E-state index contributed by atoms with van der Waals surface area (Å²) in [4.78, 5) is 50.8. The maximum atomic E-state index is 13.2. The smallest absolute Gasteiger partial charge is 0.308 e. The third-order valence-corrected chi connectivity index (χ3v) is 4.56. The molecule has 3 amide bonds. The Balaban J connectivity index is 2.19. The van der Waals surface area contributed by atoms with Crippen molar-refractivity contribution in [2.75, 3.05) is 19.7 Å². The first kappa shape index (κ1) is 23.1. The molecule has 30 heavy (non-hydrogen) atoms. The number of nitrogens with zero attached hydrogens (tertiary/aromatic N) is 1. The molecule has 0 aliphatic carbocycles. The van der Waals surface area contributed by atoms with Crippen LogP contribution in [0.2, 0.25) is 0 Å². The van der Waals surface area contributed by atoms with Crippen LogP contribution >= 0.6 is 0 Å². The van der Waals surface area contributed by atoms with Gasteiger partial charge in [0.05, 0.1) is 13.0 Å². The van der Waals surface area contributed by atoms with Gasteiger partial charge in [-0.2, -0.15) is 0 Å². The summed E-state index contributed by atoms with van der Waals surface area (Å²) in [5.74, 6) is -1.50. The van der Waals surface area contributed by atoms with Crippen LogP contribution in [-0.2, 0) is 23.9 Å². The molecule has 2 rings (SSSR count). The molecule has 8 nitrogen and oxygen atoms in total. The van der Waals surface area contributed by atoms with Gasteiger partial charge in [0.25, 0.3) is 5.91 Å². The van der Waals surface area contributed by atoms with E-state index in [-0.39, 0.29) is 31.8 Å². The van der Waals surface area contributed by atoms with E-state index in [1.54, 1.807) is 18.2 Å². The lowest BCUT2D eigenvalue weighted by atomic mass is 10.1. The number of piperazine rings is 1. The molecule has 1 fully saturated rings. The molecule has 1 heterocycles. The Morgan fingerprint density at radius 2 is 1.97 bits per heavy atom. The van der Waals surface area contributed by atoms with Crippen LogP contribution in [-0.4, -0.2) is 54.3 Å². The fourth-order valence-electron chi connectivity index (χ4n) is 3.00. The first-order chi connectivity index (χ1) is 14.3. The van der Waals surface area contributed by atoms with Gasteiger partial charge < -0.3 is 20.3 Å². The Labute approximate surface area is 176 Å². The first-order valence-corrected chi connectivity index (χ1v) is 10.1. The minimum Gasteiger partial charge on any atom is -0.466 e. The van der Waals surface area contributed by atoms with E-state index in [1.807, 2.05) is 32.0 Å². The van der Waals surface area contributed by atoms with Crippen molar-refractivity contribution >= 4 is 29.8 Å². The molecule has 0 spiro atoms. The van der Waals surface area contributed by atoms with Crippen LogP contribution in [0, 0.1) is 5.92 Å². The van der Waals surface area contributed by atoms with Crippen molar-refractivity contribution < 1.29 is 23.9 Å². The van der Waals surface area contributed by atoms with Gasteiger partial charge in [0.2, 0.25) is 11.8 Å². The fourth-order valence-corrected chi connectivity index (χ4v) is 3.00. The molecule has 1 saturated heterocycles. The molecule has 1 aromatic carbocycles. The monoisotopic (exact) mass is 415 g/mol. The molecule has 1 aliphatic rings. The third kappa shape index (κ3) is 7.02. The highest BCUT2D eigenvalue weighted by Crippen LogP contribution is 2.15. The van der Waals surface area contributed by atoms with E-state index < -0.39 is 29.7 Å². The summed E-state index contributed by atoms with van der Waals surface area (Å²) >= 11 is 0. The number of carbonyl (C=O) groups is 4. The van der Waals surface area contributed by atoms with Crippen LogP contribution < -0.4 is 10.6 Å². The number of nitrogens with one attached hydrogen (secondary N) is 2. The third-order valence-electron chi connectivity index (χ3n) is 4.56. The summed E-state index contributed by atoms with van der Waals surface area (Å²) in [6.07, 6.45) is 2.03. The van der Waals surface area contributed by atoms with E-state index >= 15 is 0 Å². The van der Waals surface area contributed by atoms with Gasteiger partial charge in [0.1, 0.15) is 11.7 Å². The highest BCUT2D eigenvalue weighted by atomic mass is 16.5. The van der Waals surface area contributed by atoms with E-state index in [4.69, 9.17) is 4.74 Å². The van der Waals surface area contributed by atoms with Gasteiger partial charge in [-0.1, -0.05) is 44.2 Å². The van der Waals surface area contributed by atoms with Crippen molar-refractivity contribution in [1.29, 1.82) is 0 Å². The molecular weight excluding hydrogens is 386 g/mol. The normalized spacial score (nSPS) is 16.8. The summed E-state index contributed by atoms with van der Waals surface area (Å²) in [6.45, 7) is 6.10. The first-order valence-electron chi connectivity index (χ1n) is 10.1. The zero-order valence-corrected chi connectivity index (χ0v) is 17.6. The summed E-state index contributed by atoms with van der Waals surface area (Å²) in [5.41, 5.74) is 0.766. The van der Waals surface area contributed by atoms with Crippen molar-refractivity contribution in [3.8, 4) is 0 Å². The van der Waals surface area contributed by atoms with Crippen LogP contribution in [0.4, 0.5) is 0 Å². The number of hydrogen-bond donors (Lipinski definition) is 2. The molecule has 0 saturated carbocycles. The summed E-state index contributed by atoms with van der Waals surface area (Å²) in [6, 6.07) is 8.06. The molecule has 1 atom stereocenters. The van der Waals surface area contributed by atoms with Gasteiger partial charge in [-0.05, 0) is 24.0 Å². The SMILES string of the molecule is CC(=O)N/C(=C\c1ccccc1)C(=O)N1CCNC(=O)C1CC(=O)OCCC(C)C. The Morgan fingerprint density at radius 1 is 1.27 bits per heavy atom. The Bertz CT molecular complexity index is 804. The number of esters is 1. The van der Waals surface area contributed by atoms with Crippen molar-refractivity contribution in [1.82, 2.24) is 15.5 Å². The highest BCUT2D eigenvalue weighted by Gasteiger charge is 2.36. The fraction of sp³-hybridized carbons (Fsp3) is 0.455. The lowest BCUT2D eigenvalue weighted by molar-refractivity contribution is -0.151. The molecule has 0 aromatic heterocycles. The molecule has 1 unspecified atom stereocenters. The average Bonchev–Trinajstić information content (AvgIpc) is 2.68. The number of amides is 3. The highest BCUT2D eigenvalue weighted by molar-refractivity contribution is 6.03. The largest absolute Gasteiger partial charge is 0.466 e.